The molecule has 0 amide bonds. The van der Waals surface area contributed by atoms with Gasteiger partial charge in [0.05, 0.1) is 11.8 Å². The van der Waals surface area contributed by atoms with Crippen LogP contribution < -0.4 is 15.4 Å². The summed E-state index contributed by atoms with van der Waals surface area (Å²) in [5.74, 6) is 0.987. The molecule has 3 nitrogen and oxygen atoms in total. The summed E-state index contributed by atoms with van der Waals surface area (Å²) in [6.45, 7) is 6.26. The van der Waals surface area contributed by atoms with Gasteiger partial charge in [0.2, 0.25) is 0 Å². The van der Waals surface area contributed by atoms with Crippen LogP contribution in [0.5, 0.6) is 5.75 Å². The van der Waals surface area contributed by atoms with Crippen molar-refractivity contribution < 1.29 is 4.74 Å². The molecule has 2 unspecified atom stereocenters. The fourth-order valence-electron chi connectivity index (χ4n) is 2.35. The summed E-state index contributed by atoms with van der Waals surface area (Å²) in [4.78, 5) is 2.35. The zero-order valence-corrected chi connectivity index (χ0v) is 11.4. The van der Waals surface area contributed by atoms with E-state index in [9.17, 15) is 0 Å². The Morgan fingerprint density at radius 3 is 2.94 bits per heavy atom. The first-order valence-corrected chi connectivity index (χ1v) is 6.97. The lowest BCUT2D eigenvalue weighted by Crippen LogP contribution is -2.43. The maximum Gasteiger partial charge on any atom is 0.142 e. The molecule has 0 bridgehead atoms. The van der Waals surface area contributed by atoms with E-state index in [4.69, 9.17) is 10.5 Å². The van der Waals surface area contributed by atoms with Crippen LogP contribution in [0.4, 0.5) is 5.69 Å². The molecule has 0 spiro atoms. The number of nitrogens with two attached hydrogens (primary N) is 1. The molecule has 1 aromatic carbocycles. The minimum Gasteiger partial charge on any atom is -0.489 e. The van der Waals surface area contributed by atoms with Gasteiger partial charge in [-0.05, 0) is 38.3 Å². The number of piperidine rings is 1. The maximum absolute atomic E-state index is 6.06. The first-order valence-electron chi connectivity index (χ1n) is 6.97. The monoisotopic (exact) mass is 248 g/mol. The Balaban J connectivity index is 2.15. The van der Waals surface area contributed by atoms with E-state index in [0.717, 1.165) is 31.7 Å². The first-order chi connectivity index (χ1) is 8.70. The van der Waals surface area contributed by atoms with Gasteiger partial charge in [0, 0.05) is 19.1 Å². The Hall–Kier alpha value is -1.22. The van der Waals surface area contributed by atoms with Crippen molar-refractivity contribution in [2.24, 2.45) is 5.73 Å². The van der Waals surface area contributed by atoms with Crippen LogP contribution in [0.15, 0.2) is 24.3 Å². The second kappa shape index (κ2) is 6.10. The number of hydrogen-bond donors (Lipinski definition) is 1. The average molecular weight is 248 g/mol. The summed E-state index contributed by atoms with van der Waals surface area (Å²) in [6.07, 6.45) is 3.57. The normalized spacial score (nSPS) is 21.7. The topological polar surface area (TPSA) is 38.5 Å². The molecule has 2 atom stereocenters. The molecule has 100 valence electrons. The van der Waals surface area contributed by atoms with Gasteiger partial charge in [-0.15, -0.1) is 0 Å². The summed E-state index contributed by atoms with van der Waals surface area (Å²) in [5.41, 5.74) is 7.25. The lowest BCUT2D eigenvalue weighted by atomic mass is 10.1. The molecule has 2 rings (SSSR count). The van der Waals surface area contributed by atoms with Gasteiger partial charge in [-0.2, -0.15) is 0 Å². The van der Waals surface area contributed by atoms with Gasteiger partial charge >= 0.3 is 0 Å². The molecule has 3 heteroatoms. The van der Waals surface area contributed by atoms with E-state index < -0.39 is 0 Å². The third-order valence-electron chi connectivity index (χ3n) is 3.57. The number of rotatable bonds is 4. The molecule has 2 N–H and O–H groups in total. The number of anilines is 1. The van der Waals surface area contributed by atoms with E-state index in [-0.39, 0.29) is 12.1 Å². The van der Waals surface area contributed by atoms with Crippen molar-refractivity contribution in [3.63, 3.8) is 0 Å². The van der Waals surface area contributed by atoms with Gasteiger partial charge in [0.15, 0.2) is 0 Å². The van der Waals surface area contributed by atoms with Crippen LogP contribution in [0.3, 0.4) is 0 Å². The number of hydrogen-bond acceptors (Lipinski definition) is 3. The molecule has 18 heavy (non-hydrogen) atoms. The molecule has 1 saturated heterocycles. The van der Waals surface area contributed by atoms with Gasteiger partial charge in [-0.1, -0.05) is 19.1 Å². The van der Waals surface area contributed by atoms with Crippen LogP contribution >= 0.6 is 0 Å². The van der Waals surface area contributed by atoms with E-state index in [1.54, 1.807) is 0 Å². The number of para-hydroxylation sites is 2. The third kappa shape index (κ3) is 3.16. The summed E-state index contributed by atoms with van der Waals surface area (Å²) in [6, 6.07) is 8.58. The van der Waals surface area contributed by atoms with Gasteiger partial charge < -0.3 is 15.4 Å². The van der Waals surface area contributed by atoms with E-state index in [2.05, 4.69) is 36.9 Å². The molecule has 1 fully saturated rings. The van der Waals surface area contributed by atoms with Gasteiger partial charge in [-0.3, -0.25) is 0 Å². The zero-order chi connectivity index (χ0) is 13.0. The quantitative estimate of drug-likeness (QED) is 0.890. The summed E-state index contributed by atoms with van der Waals surface area (Å²) < 4.78 is 6.00. The smallest absolute Gasteiger partial charge is 0.142 e. The number of benzene rings is 1. The second-order valence-corrected chi connectivity index (χ2v) is 5.15. The molecular weight excluding hydrogens is 224 g/mol. The van der Waals surface area contributed by atoms with Crippen molar-refractivity contribution in [2.45, 2.75) is 45.3 Å². The average Bonchev–Trinajstić information content (AvgIpc) is 2.39. The minimum atomic E-state index is 0.254. The lowest BCUT2D eigenvalue weighted by Gasteiger charge is -2.34. The molecule has 1 heterocycles. The van der Waals surface area contributed by atoms with E-state index in [0.29, 0.717) is 0 Å². The molecule has 1 aliphatic heterocycles. The molecule has 0 aliphatic carbocycles. The van der Waals surface area contributed by atoms with Crippen molar-refractivity contribution in [2.75, 3.05) is 18.0 Å². The van der Waals surface area contributed by atoms with Crippen molar-refractivity contribution in [3.05, 3.63) is 24.3 Å². The van der Waals surface area contributed by atoms with Gasteiger partial charge in [0.25, 0.3) is 0 Å². The van der Waals surface area contributed by atoms with Crippen LogP contribution in [0.25, 0.3) is 0 Å². The first kappa shape index (κ1) is 13.2. The summed E-state index contributed by atoms with van der Waals surface area (Å²) in [5, 5.41) is 0. The Morgan fingerprint density at radius 2 is 2.22 bits per heavy atom. The van der Waals surface area contributed by atoms with Crippen LogP contribution in [0, 0.1) is 0 Å². The molecule has 0 aromatic heterocycles. The number of nitrogens with zero attached hydrogens (tertiary/aromatic N) is 1. The van der Waals surface area contributed by atoms with Crippen LogP contribution in [-0.2, 0) is 0 Å². The van der Waals surface area contributed by atoms with Gasteiger partial charge in [-0.25, -0.2) is 0 Å². The largest absolute Gasteiger partial charge is 0.489 e. The van der Waals surface area contributed by atoms with Crippen molar-refractivity contribution in [1.82, 2.24) is 0 Å². The van der Waals surface area contributed by atoms with Crippen molar-refractivity contribution >= 4 is 5.69 Å². The molecule has 1 aliphatic rings. The van der Waals surface area contributed by atoms with Crippen LogP contribution in [0.1, 0.15) is 33.1 Å². The Bertz CT molecular complexity index is 381. The number of ether oxygens (including phenoxy) is 1. The highest BCUT2D eigenvalue weighted by atomic mass is 16.5. The van der Waals surface area contributed by atoms with E-state index in [1.165, 1.54) is 12.1 Å². The molecule has 1 aromatic rings. The highest BCUT2D eigenvalue weighted by molar-refractivity contribution is 5.58. The Morgan fingerprint density at radius 1 is 1.44 bits per heavy atom. The SMILES string of the molecule is CCC(C)Oc1ccccc1N1CCCC(N)C1. The van der Waals surface area contributed by atoms with E-state index in [1.807, 2.05) is 6.07 Å². The second-order valence-electron chi connectivity index (χ2n) is 5.15. The van der Waals surface area contributed by atoms with Crippen LogP contribution in [0.2, 0.25) is 0 Å². The molecule has 0 saturated carbocycles. The van der Waals surface area contributed by atoms with Crippen LogP contribution in [-0.4, -0.2) is 25.2 Å². The standard InChI is InChI=1S/C15H24N2O/c1-3-12(2)18-15-9-5-4-8-14(15)17-10-6-7-13(16)11-17/h4-5,8-9,12-13H,3,6-7,10-11,16H2,1-2H3. The predicted octanol–water partition coefficient (Wildman–Crippen LogP) is 2.79. The fourth-order valence-corrected chi connectivity index (χ4v) is 2.35. The van der Waals surface area contributed by atoms with E-state index >= 15 is 0 Å². The highest BCUT2D eigenvalue weighted by Gasteiger charge is 2.20. The zero-order valence-electron chi connectivity index (χ0n) is 11.4. The Kier molecular flexibility index (Phi) is 4.48. The van der Waals surface area contributed by atoms with Crippen molar-refractivity contribution in [3.8, 4) is 5.75 Å². The minimum absolute atomic E-state index is 0.254. The van der Waals surface area contributed by atoms with Gasteiger partial charge in [0.1, 0.15) is 5.75 Å². The predicted molar refractivity (Wildman–Crippen MR) is 76.2 cm³/mol. The van der Waals surface area contributed by atoms with Crippen molar-refractivity contribution in [1.29, 1.82) is 0 Å². The lowest BCUT2D eigenvalue weighted by molar-refractivity contribution is 0.217. The molecule has 0 radical (unpaired) electrons. The highest BCUT2D eigenvalue weighted by Crippen LogP contribution is 2.31. The maximum atomic E-state index is 6.06. The summed E-state index contributed by atoms with van der Waals surface area (Å²) >= 11 is 0. The third-order valence-corrected chi connectivity index (χ3v) is 3.57. The fraction of sp³-hybridized carbons (Fsp3) is 0.600. The Labute approximate surface area is 110 Å². The summed E-state index contributed by atoms with van der Waals surface area (Å²) in [7, 11) is 0. The molecular formula is C15H24N2O.